The third kappa shape index (κ3) is 1.75. The lowest BCUT2D eigenvalue weighted by molar-refractivity contribution is 0.0631. The molecular formula is C13H17NO2. The zero-order valence-electron chi connectivity index (χ0n) is 9.39. The molecule has 3 nitrogen and oxygen atoms in total. The second-order valence-electron chi connectivity index (χ2n) is 4.86. The lowest BCUT2D eigenvalue weighted by Crippen LogP contribution is -2.40. The van der Waals surface area contributed by atoms with Crippen LogP contribution in [0.2, 0.25) is 0 Å². The van der Waals surface area contributed by atoms with E-state index in [1.807, 2.05) is 0 Å². The molecule has 2 fully saturated rings. The first-order chi connectivity index (χ1) is 7.86. The summed E-state index contributed by atoms with van der Waals surface area (Å²) < 4.78 is 5.22. The maximum absolute atomic E-state index is 12.3. The summed E-state index contributed by atoms with van der Waals surface area (Å²) in [6.07, 6.45) is 8.78. The van der Waals surface area contributed by atoms with Gasteiger partial charge in [-0.05, 0) is 37.8 Å². The highest BCUT2D eigenvalue weighted by Crippen LogP contribution is 2.35. The van der Waals surface area contributed by atoms with Gasteiger partial charge in [-0.1, -0.05) is 12.8 Å². The van der Waals surface area contributed by atoms with E-state index in [-0.39, 0.29) is 5.91 Å². The van der Waals surface area contributed by atoms with E-state index in [1.165, 1.54) is 38.5 Å². The minimum Gasteiger partial charge on any atom is -0.459 e. The highest BCUT2D eigenvalue weighted by Gasteiger charge is 2.39. The number of rotatable bonds is 3. The number of amides is 1. The van der Waals surface area contributed by atoms with Crippen molar-refractivity contribution < 1.29 is 9.21 Å². The summed E-state index contributed by atoms with van der Waals surface area (Å²) in [4.78, 5) is 14.4. The largest absolute Gasteiger partial charge is 0.459 e. The molecule has 0 saturated heterocycles. The predicted molar refractivity (Wildman–Crippen MR) is 60.2 cm³/mol. The van der Waals surface area contributed by atoms with Crippen LogP contribution in [0.1, 0.15) is 49.1 Å². The number of hydrogen-bond donors (Lipinski definition) is 0. The van der Waals surface area contributed by atoms with Gasteiger partial charge in [-0.3, -0.25) is 4.79 Å². The molecule has 3 rings (SSSR count). The second-order valence-corrected chi connectivity index (χ2v) is 4.86. The molecule has 86 valence electrons. The van der Waals surface area contributed by atoms with Gasteiger partial charge in [0.1, 0.15) is 0 Å². The van der Waals surface area contributed by atoms with E-state index in [9.17, 15) is 4.79 Å². The molecule has 1 aromatic heterocycles. The first-order valence-electron chi connectivity index (χ1n) is 6.22. The SMILES string of the molecule is O=C(c1ccco1)N(C1CCCC1)C1CC1. The summed E-state index contributed by atoms with van der Waals surface area (Å²) in [5, 5.41) is 0. The molecule has 0 spiro atoms. The summed E-state index contributed by atoms with van der Waals surface area (Å²) in [5.74, 6) is 0.596. The summed E-state index contributed by atoms with van der Waals surface area (Å²) in [7, 11) is 0. The average Bonchev–Trinajstić information content (AvgIpc) is 2.83. The standard InChI is InChI=1S/C13H17NO2/c15-13(12-6-3-9-16-12)14(11-7-8-11)10-4-1-2-5-10/h3,6,9-11H,1-2,4-5,7-8H2. The summed E-state index contributed by atoms with van der Waals surface area (Å²) >= 11 is 0. The van der Waals surface area contributed by atoms with Crippen molar-refractivity contribution in [3.05, 3.63) is 24.2 Å². The molecule has 0 bridgehead atoms. The minimum atomic E-state index is 0.0967. The van der Waals surface area contributed by atoms with Gasteiger partial charge in [-0.15, -0.1) is 0 Å². The molecule has 2 aliphatic rings. The number of carbonyl (C=O) groups excluding carboxylic acids is 1. The van der Waals surface area contributed by atoms with Crippen molar-refractivity contribution in [2.24, 2.45) is 0 Å². The number of hydrogen-bond acceptors (Lipinski definition) is 2. The monoisotopic (exact) mass is 219 g/mol. The van der Waals surface area contributed by atoms with Crippen molar-refractivity contribution in [3.8, 4) is 0 Å². The van der Waals surface area contributed by atoms with E-state index < -0.39 is 0 Å². The maximum Gasteiger partial charge on any atom is 0.290 e. The van der Waals surface area contributed by atoms with Crippen LogP contribution in [0.25, 0.3) is 0 Å². The molecular weight excluding hydrogens is 202 g/mol. The molecule has 1 amide bonds. The Labute approximate surface area is 95.4 Å². The lowest BCUT2D eigenvalue weighted by atomic mass is 10.2. The van der Waals surface area contributed by atoms with Crippen LogP contribution in [0.15, 0.2) is 22.8 Å². The lowest BCUT2D eigenvalue weighted by Gasteiger charge is -2.28. The molecule has 1 aromatic rings. The summed E-state index contributed by atoms with van der Waals surface area (Å²) in [6.45, 7) is 0. The van der Waals surface area contributed by atoms with E-state index >= 15 is 0 Å². The molecule has 16 heavy (non-hydrogen) atoms. The van der Waals surface area contributed by atoms with Gasteiger partial charge in [0.15, 0.2) is 5.76 Å². The van der Waals surface area contributed by atoms with Crippen molar-refractivity contribution in [1.82, 2.24) is 4.90 Å². The second kappa shape index (κ2) is 3.96. The zero-order chi connectivity index (χ0) is 11.0. The van der Waals surface area contributed by atoms with Gasteiger partial charge in [-0.25, -0.2) is 0 Å². The smallest absolute Gasteiger partial charge is 0.290 e. The zero-order valence-corrected chi connectivity index (χ0v) is 9.39. The van der Waals surface area contributed by atoms with Gasteiger partial charge in [-0.2, -0.15) is 0 Å². The fourth-order valence-electron chi connectivity index (χ4n) is 2.69. The predicted octanol–water partition coefficient (Wildman–Crippen LogP) is 2.83. The van der Waals surface area contributed by atoms with Crippen LogP contribution in [0, 0.1) is 0 Å². The third-order valence-electron chi connectivity index (χ3n) is 3.62. The van der Waals surface area contributed by atoms with Crippen molar-refractivity contribution in [3.63, 3.8) is 0 Å². The van der Waals surface area contributed by atoms with E-state index in [0.29, 0.717) is 17.8 Å². The Hall–Kier alpha value is -1.25. The first-order valence-corrected chi connectivity index (χ1v) is 6.22. The molecule has 1 heterocycles. The van der Waals surface area contributed by atoms with E-state index in [4.69, 9.17) is 4.42 Å². The fraction of sp³-hybridized carbons (Fsp3) is 0.615. The Bertz CT molecular complexity index is 361. The normalized spacial score (nSPS) is 21.2. The number of furan rings is 1. The van der Waals surface area contributed by atoms with Gasteiger partial charge in [0.2, 0.25) is 0 Å². The molecule has 0 aliphatic heterocycles. The Morgan fingerprint density at radius 2 is 1.88 bits per heavy atom. The van der Waals surface area contributed by atoms with Gasteiger partial charge < -0.3 is 9.32 Å². The van der Waals surface area contributed by atoms with E-state index in [0.717, 1.165) is 0 Å². The topological polar surface area (TPSA) is 33.5 Å². The van der Waals surface area contributed by atoms with Crippen LogP contribution >= 0.6 is 0 Å². The van der Waals surface area contributed by atoms with Crippen LogP contribution in [-0.2, 0) is 0 Å². The van der Waals surface area contributed by atoms with E-state index in [1.54, 1.807) is 18.4 Å². The maximum atomic E-state index is 12.3. The van der Waals surface area contributed by atoms with Crippen molar-refractivity contribution >= 4 is 5.91 Å². The van der Waals surface area contributed by atoms with Crippen LogP contribution in [-0.4, -0.2) is 22.9 Å². The average molecular weight is 219 g/mol. The molecule has 3 heteroatoms. The van der Waals surface area contributed by atoms with Gasteiger partial charge in [0.25, 0.3) is 5.91 Å². The fourth-order valence-corrected chi connectivity index (χ4v) is 2.69. The van der Waals surface area contributed by atoms with Crippen LogP contribution in [0.5, 0.6) is 0 Å². The van der Waals surface area contributed by atoms with Crippen LogP contribution in [0.3, 0.4) is 0 Å². The Balaban J connectivity index is 1.79. The molecule has 2 aliphatic carbocycles. The van der Waals surface area contributed by atoms with Gasteiger partial charge in [0.05, 0.1) is 6.26 Å². The first kappa shape index (κ1) is 9.94. The Morgan fingerprint density at radius 1 is 1.19 bits per heavy atom. The number of nitrogens with zero attached hydrogens (tertiary/aromatic N) is 1. The molecule has 0 unspecified atom stereocenters. The number of carbonyl (C=O) groups is 1. The molecule has 0 N–H and O–H groups in total. The molecule has 2 saturated carbocycles. The van der Waals surface area contributed by atoms with Gasteiger partial charge in [0, 0.05) is 12.1 Å². The van der Waals surface area contributed by atoms with Crippen molar-refractivity contribution in [2.45, 2.75) is 50.6 Å². The van der Waals surface area contributed by atoms with E-state index in [2.05, 4.69) is 4.90 Å². The highest BCUT2D eigenvalue weighted by molar-refractivity contribution is 5.92. The Kier molecular flexibility index (Phi) is 2.46. The van der Waals surface area contributed by atoms with Gasteiger partial charge >= 0.3 is 0 Å². The molecule has 0 radical (unpaired) electrons. The Morgan fingerprint density at radius 3 is 2.44 bits per heavy atom. The summed E-state index contributed by atoms with van der Waals surface area (Å²) in [5.41, 5.74) is 0. The third-order valence-corrected chi connectivity index (χ3v) is 3.62. The van der Waals surface area contributed by atoms with Crippen LogP contribution in [0.4, 0.5) is 0 Å². The van der Waals surface area contributed by atoms with Crippen molar-refractivity contribution in [1.29, 1.82) is 0 Å². The highest BCUT2D eigenvalue weighted by atomic mass is 16.3. The summed E-state index contributed by atoms with van der Waals surface area (Å²) in [6, 6.07) is 4.50. The molecule has 0 atom stereocenters. The van der Waals surface area contributed by atoms with Crippen molar-refractivity contribution in [2.75, 3.05) is 0 Å². The molecule has 0 aromatic carbocycles. The van der Waals surface area contributed by atoms with Crippen LogP contribution < -0.4 is 0 Å². The quantitative estimate of drug-likeness (QED) is 0.783. The minimum absolute atomic E-state index is 0.0967.